The first-order valence-corrected chi connectivity index (χ1v) is 12.4. The van der Waals surface area contributed by atoms with E-state index in [1.165, 1.54) is 14.0 Å². The second kappa shape index (κ2) is 10.6. The van der Waals surface area contributed by atoms with Crippen molar-refractivity contribution < 1.29 is 24.3 Å². The number of imide groups is 1. The molecule has 4 rings (SSSR count). The highest BCUT2D eigenvalue weighted by atomic mass is 16.4. The van der Waals surface area contributed by atoms with Gasteiger partial charge in [-0.25, -0.2) is 9.69 Å². The second-order valence-electron chi connectivity index (χ2n) is 9.94. The number of benzene rings is 2. The van der Waals surface area contributed by atoms with Crippen LogP contribution in [-0.4, -0.2) is 77.5 Å². The Bertz CT molecular complexity index is 1260. The first-order valence-electron chi connectivity index (χ1n) is 12.4. The van der Waals surface area contributed by atoms with E-state index < -0.39 is 17.9 Å². The molecule has 0 radical (unpaired) electrons. The second-order valence-corrected chi connectivity index (χ2v) is 9.94. The van der Waals surface area contributed by atoms with Gasteiger partial charge in [0.2, 0.25) is 5.91 Å². The molecular formula is C28H32N4O5. The Labute approximate surface area is 216 Å². The van der Waals surface area contributed by atoms with Gasteiger partial charge in [-0.05, 0) is 88.2 Å². The van der Waals surface area contributed by atoms with Gasteiger partial charge in [0.15, 0.2) is 5.78 Å². The van der Waals surface area contributed by atoms with Gasteiger partial charge in [-0.3, -0.25) is 19.4 Å². The zero-order valence-corrected chi connectivity index (χ0v) is 21.5. The van der Waals surface area contributed by atoms with Gasteiger partial charge in [0, 0.05) is 29.9 Å². The molecule has 1 saturated carbocycles. The summed E-state index contributed by atoms with van der Waals surface area (Å²) in [5, 5.41) is 12.0. The van der Waals surface area contributed by atoms with E-state index >= 15 is 0 Å². The van der Waals surface area contributed by atoms with Crippen LogP contribution < -0.4 is 5.32 Å². The maximum atomic E-state index is 13.2. The van der Waals surface area contributed by atoms with E-state index in [1.54, 1.807) is 42.5 Å². The lowest BCUT2D eigenvalue weighted by molar-refractivity contribution is -0.115. The quantitative estimate of drug-likeness (QED) is 0.453. The summed E-state index contributed by atoms with van der Waals surface area (Å²) in [6.45, 7) is 1.49. The molecule has 2 N–H and O–H groups in total. The third-order valence-corrected chi connectivity index (χ3v) is 7.30. The Morgan fingerprint density at radius 2 is 1.51 bits per heavy atom. The van der Waals surface area contributed by atoms with E-state index in [1.807, 2.05) is 0 Å². The number of nitrogens with one attached hydrogen (secondary N) is 1. The number of amides is 3. The van der Waals surface area contributed by atoms with Crippen LogP contribution >= 0.6 is 0 Å². The predicted octanol–water partition coefficient (Wildman–Crippen LogP) is 4.04. The number of carbonyl (C=O) groups excluding carboxylic acids is 3. The van der Waals surface area contributed by atoms with E-state index in [2.05, 4.69) is 24.3 Å². The highest BCUT2D eigenvalue weighted by Gasteiger charge is 2.37. The smallest absolute Gasteiger partial charge is 0.414 e. The maximum Gasteiger partial charge on any atom is 0.414 e. The van der Waals surface area contributed by atoms with Crippen molar-refractivity contribution in [3.8, 4) is 0 Å². The molecule has 1 aliphatic carbocycles. The fourth-order valence-electron chi connectivity index (χ4n) is 5.03. The third-order valence-electron chi connectivity index (χ3n) is 7.30. The lowest BCUT2D eigenvalue weighted by Gasteiger charge is -2.31. The molecule has 9 heteroatoms. The Morgan fingerprint density at radius 1 is 0.919 bits per heavy atom. The van der Waals surface area contributed by atoms with Gasteiger partial charge in [0.05, 0.1) is 11.8 Å². The molecule has 1 atom stereocenters. The standard InChI is InChI=1S/C28H32N4O5/c1-16(33)19-9-14-23-22(15-19)24(26(34)30-23)25(29-20-10-12-21(13-11-20)31(2)3)17-5-7-18(8-6-17)27(35)32(4)28(36)37/h5-9,14-15,20-21,24H,10-13H2,1-4H3,(H,30,34)(H,36,37). The maximum absolute atomic E-state index is 13.2. The van der Waals surface area contributed by atoms with Crippen LogP contribution in [-0.2, 0) is 4.79 Å². The fourth-order valence-corrected chi connectivity index (χ4v) is 5.03. The summed E-state index contributed by atoms with van der Waals surface area (Å²) in [5.41, 5.74) is 3.34. The van der Waals surface area contributed by atoms with Crippen molar-refractivity contribution in [2.24, 2.45) is 4.99 Å². The summed E-state index contributed by atoms with van der Waals surface area (Å²) in [5.74, 6) is -1.66. The summed E-state index contributed by atoms with van der Waals surface area (Å²) in [7, 11) is 5.36. The van der Waals surface area contributed by atoms with E-state index in [-0.39, 0.29) is 23.3 Å². The van der Waals surface area contributed by atoms with Gasteiger partial charge >= 0.3 is 6.09 Å². The van der Waals surface area contributed by atoms with E-state index in [9.17, 15) is 19.2 Å². The van der Waals surface area contributed by atoms with Crippen molar-refractivity contribution in [1.82, 2.24) is 9.80 Å². The number of fused-ring (bicyclic) bond motifs is 1. The van der Waals surface area contributed by atoms with E-state index in [0.717, 1.165) is 25.7 Å². The molecule has 2 aromatic carbocycles. The number of anilines is 1. The SMILES string of the molecule is CC(=O)c1ccc2c(c1)C(C(=NC1CCC(N(C)C)CC1)c1ccc(C(=O)N(C)C(=O)O)cc1)C(=O)N2. The number of Topliss-reactive ketones (excluding diaryl/α,β-unsaturated/α-hetero) is 1. The number of ketones is 1. The first kappa shape index (κ1) is 26.2. The predicted molar refractivity (Wildman–Crippen MR) is 141 cm³/mol. The number of aliphatic imine (C=N–C) groups is 1. The summed E-state index contributed by atoms with van der Waals surface area (Å²) in [4.78, 5) is 56.9. The number of carbonyl (C=O) groups is 4. The average Bonchev–Trinajstić information content (AvgIpc) is 3.21. The Hall–Kier alpha value is -3.85. The molecule has 0 saturated heterocycles. The molecule has 1 heterocycles. The molecule has 2 aliphatic rings. The number of nitrogens with zero attached hydrogens (tertiary/aromatic N) is 3. The van der Waals surface area contributed by atoms with Crippen molar-refractivity contribution >= 4 is 35.1 Å². The number of hydrogen-bond donors (Lipinski definition) is 2. The minimum Gasteiger partial charge on any atom is -0.465 e. The number of hydrogen-bond acceptors (Lipinski definition) is 6. The molecular weight excluding hydrogens is 472 g/mol. The van der Waals surface area contributed by atoms with Crippen molar-refractivity contribution in [2.45, 2.75) is 50.6 Å². The summed E-state index contributed by atoms with van der Waals surface area (Å²) in [6.07, 6.45) is 2.45. The van der Waals surface area contributed by atoms with Gasteiger partial charge in [-0.15, -0.1) is 0 Å². The van der Waals surface area contributed by atoms with Gasteiger partial charge in [0.25, 0.3) is 5.91 Å². The fraction of sp³-hybridized carbons (Fsp3) is 0.393. The molecule has 2 aromatic rings. The van der Waals surface area contributed by atoms with Gasteiger partial charge in [-0.1, -0.05) is 12.1 Å². The first-order chi connectivity index (χ1) is 17.6. The normalized spacial score (nSPS) is 21.4. The van der Waals surface area contributed by atoms with Crippen molar-refractivity contribution in [3.05, 3.63) is 64.7 Å². The molecule has 194 valence electrons. The van der Waals surface area contributed by atoms with Crippen LogP contribution in [0.15, 0.2) is 47.5 Å². The van der Waals surface area contributed by atoms with Crippen LogP contribution in [0.2, 0.25) is 0 Å². The molecule has 9 nitrogen and oxygen atoms in total. The van der Waals surface area contributed by atoms with Crippen LogP contribution in [0.3, 0.4) is 0 Å². The van der Waals surface area contributed by atoms with Crippen LogP contribution in [0.1, 0.15) is 70.4 Å². The van der Waals surface area contributed by atoms with Crippen LogP contribution in [0.5, 0.6) is 0 Å². The average molecular weight is 505 g/mol. The molecule has 1 aliphatic heterocycles. The molecule has 0 aromatic heterocycles. The van der Waals surface area contributed by atoms with Crippen LogP contribution in [0, 0.1) is 0 Å². The zero-order valence-electron chi connectivity index (χ0n) is 21.5. The highest BCUT2D eigenvalue weighted by Crippen LogP contribution is 2.37. The molecule has 1 unspecified atom stereocenters. The van der Waals surface area contributed by atoms with Crippen LogP contribution in [0.4, 0.5) is 10.5 Å². The van der Waals surface area contributed by atoms with Gasteiger partial charge < -0.3 is 15.3 Å². The van der Waals surface area contributed by atoms with Gasteiger partial charge in [-0.2, -0.15) is 0 Å². The monoisotopic (exact) mass is 504 g/mol. The molecule has 1 fully saturated rings. The topological polar surface area (TPSA) is 119 Å². The van der Waals surface area contributed by atoms with E-state index in [0.29, 0.717) is 39.0 Å². The molecule has 3 amide bonds. The Balaban J connectivity index is 1.74. The summed E-state index contributed by atoms with van der Waals surface area (Å²) < 4.78 is 0. The Kier molecular flexibility index (Phi) is 7.54. The van der Waals surface area contributed by atoms with Crippen LogP contribution in [0.25, 0.3) is 0 Å². The third kappa shape index (κ3) is 5.46. The number of carboxylic acid groups (broad SMARTS) is 1. The van der Waals surface area contributed by atoms with Crippen molar-refractivity contribution in [2.75, 3.05) is 26.5 Å². The lowest BCUT2D eigenvalue weighted by atomic mass is 9.87. The molecule has 0 bridgehead atoms. The minimum atomic E-state index is -1.34. The minimum absolute atomic E-state index is 0.0403. The Morgan fingerprint density at radius 3 is 2.08 bits per heavy atom. The highest BCUT2D eigenvalue weighted by molar-refractivity contribution is 6.24. The summed E-state index contributed by atoms with van der Waals surface area (Å²) >= 11 is 0. The van der Waals surface area contributed by atoms with E-state index in [4.69, 9.17) is 10.1 Å². The van der Waals surface area contributed by atoms with Crippen molar-refractivity contribution in [3.63, 3.8) is 0 Å². The van der Waals surface area contributed by atoms with Gasteiger partial charge in [0.1, 0.15) is 5.92 Å². The zero-order chi connectivity index (χ0) is 26.9. The summed E-state index contributed by atoms with van der Waals surface area (Å²) in [6, 6.07) is 12.2. The largest absolute Gasteiger partial charge is 0.465 e. The lowest BCUT2D eigenvalue weighted by Crippen LogP contribution is -2.34. The molecule has 37 heavy (non-hydrogen) atoms. The molecule has 0 spiro atoms. The van der Waals surface area contributed by atoms with Crippen molar-refractivity contribution in [1.29, 1.82) is 0 Å². The number of rotatable bonds is 6.